The maximum atomic E-state index is 11.7. The molecule has 2 heterocycles. The van der Waals surface area contributed by atoms with Crippen molar-refractivity contribution in [2.24, 2.45) is 0 Å². The van der Waals surface area contributed by atoms with Crippen molar-refractivity contribution in [2.75, 3.05) is 31.6 Å². The Hall–Kier alpha value is -1.69. The van der Waals surface area contributed by atoms with E-state index in [0.29, 0.717) is 29.9 Å². The second-order valence-electron chi connectivity index (χ2n) is 5.06. The average Bonchev–Trinajstić information content (AvgIpc) is 2.91. The predicted molar refractivity (Wildman–Crippen MR) is 77.0 cm³/mol. The molecule has 1 unspecified atom stereocenters. The van der Waals surface area contributed by atoms with Gasteiger partial charge in [-0.1, -0.05) is 0 Å². The molecule has 0 radical (unpaired) electrons. The topological polar surface area (TPSA) is 67.3 Å². The molecule has 6 heteroatoms. The van der Waals surface area contributed by atoms with Crippen molar-refractivity contribution in [3.8, 4) is 0 Å². The lowest BCUT2D eigenvalue weighted by atomic mass is 10.2. The van der Waals surface area contributed by atoms with Crippen molar-refractivity contribution in [1.29, 1.82) is 0 Å². The summed E-state index contributed by atoms with van der Waals surface area (Å²) in [6.07, 6.45) is 3.96. The van der Waals surface area contributed by atoms with E-state index >= 15 is 0 Å². The minimum Gasteiger partial charge on any atom is -0.462 e. The fourth-order valence-electron chi connectivity index (χ4n) is 2.37. The number of ether oxygens (including phenoxy) is 1. The fraction of sp³-hybridized carbons (Fsp3) is 0.643. The van der Waals surface area contributed by atoms with Crippen molar-refractivity contribution in [3.63, 3.8) is 0 Å². The van der Waals surface area contributed by atoms with E-state index in [1.54, 1.807) is 20.0 Å². The van der Waals surface area contributed by atoms with Crippen molar-refractivity contribution in [3.05, 3.63) is 17.5 Å². The smallest absolute Gasteiger partial charge is 0.341 e. The summed E-state index contributed by atoms with van der Waals surface area (Å²) in [4.78, 5) is 22.4. The molecule has 110 valence electrons. The first kappa shape index (κ1) is 14.7. The zero-order valence-corrected chi connectivity index (χ0v) is 12.3. The van der Waals surface area contributed by atoms with Gasteiger partial charge in [-0.05, 0) is 33.2 Å². The molecule has 20 heavy (non-hydrogen) atoms. The van der Waals surface area contributed by atoms with Gasteiger partial charge in [0.1, 0.15) is 0 Å². The Balaban J connectivity index is 2.05. The molecule has 0 saturated carbocycles. The van der Waals surface area contributed by atoms with Crippen LogP contribution >= 0.6 is 0 Å². The minimum absolute atomic E-state index is 0.354. The molecule has 0 amide bonds. The predicted octanol–water partition coefficient (Wildman–Crippen LogP) is 1.15. The maximum Gasteiger partial charge on any atom is 0.341 e. The Morgan fingerprint density at radius 1 is 1.60 bits per heavy atom. The highest BCUT2D eigenvalue weighted by molar-refractivity contribution is 5.90. The third kappa shape index (κ3) is 3.45. The molecule has 1 aromatic rings. The number of nitrogens with one attached hydrogen (secondary N) is 1. The summed E-state index contributed by atoms with van der Waals surface area (Å²) in [5.41, 5.74) is 1.09. The van der Waals surface area contributed by atoms with Crippen LogP contribution in [0.1, 0.15) is 35.8 Å². The van der Waals surface area contributed by atoms with Crippen LogP contribution in [0.15, 0.2) is 6.20 Å². The van der Waals surface area contributed by atoms with E-state index in [1.807, 2.05) is 11.9 Å². The summed E-state index contributed by atoms with van der Waals surface area (Å²) in [5.74, 6) is 0.279. The molecule has 1 atom stereocenters. The van der Waals surface area contributed by atoms with E-state index in [2.05, 4.69) is 15.3 Å². The zero-order valence-electron chi connectivity index (χ0n) is 12.3. The van der Waals surface area contributed by atoms with Crippen LogP contribution in [0.2, 0.25) is 0 Å². The number of esters is 1. The molecule has 1 aliphatic heterocycles. The summed E-state index contributed by atoms with van der Waals surface area (Å²) in [7, 11) is 1.97. The Kier molecular flexibility index (Phi) is 4.89. The fourth-order valence-corrected chi connectivity index (χ4v) is 2.37. The molecular weight excluding hydrogens is 256 g/mol. The van der Waals surface area contributed by atoms with Gasteiger partial charge in [0.05, 0.1) is 17.9 Å². The highest BCUT2D eigenvalue weighted by Crippen LogP contribution is 2.13. The van der Waals surface area contributed by atoms with Gasteiger partial charge in [-0.3, -0.25) is 0 Å². The molecule has 1 saturated heterocycles. The number of nitrogens with zero attached hydrogens (tertiary/aromatic N) is 3. The van der Waals surface area contributed by atoms with Crippen LogP contribution in [-0.2, 0) is 4.74 Å². The molecule has 0 aromatic carbocycles. The number of anilines is 1. The molecule has 1 aliphatic rings. The number of carbonyl (C=O) groups is 1. The van der Waals surface area contributed by atoms with Crippen molar-refractivity contribution in [1.82, 2.24) is 15.3 Å². The highest BCUT2D eigenvalue weighted by atomic mass is 16.5. The van der Waals surface area contributed by atoms with E-state index in [0.717, 1.165) is 13.1 Å². The summed E-state index contributed by atoms with van der Waals surface area (Å²) in [6, 6.07) is 0.494. The van der Waals surface area contributed by atoms with Crippen molar-refractivity contribution < 1.29 is 9.53 Å². The monoisotopic (exact) mass is 278 g/mol. The van der Waals surface area contributed by atoms with Crippen LogP contribution in [0.4, 0.5) is 5.95 Å². The van der Waals surface area contributed by atoms with Gasteiger partial charge in [-0.2, -0.15) is 0 Å². The number of rotatable bonds is 5. The van der Waals surface area contributed by atoms with Crippen LogP contribution in [0.5, 0.6) is 0 Å². The third-order valence-corrected chi connectivity index (χ3v) is 3.46. The van der Waals surface area contributed by atoms with Gasteiger partial charge in [0.2, 0.25) is 5.95 Å². The number of hydrogen-bond donors (Lipinski definition) is 1. The lowest BCUT2D eigenvalue weighted by Gasteiger charge is -2.21. The quantitative estimate of drug-likeness (QED) is 0.815. The van der Waals surface area contributed by atoms with Gasteiger partial charge >= 0.3 is 5.97 Å². The molecule has 1 N–H and O–H groups in total. The maximum absolute atomic E-state index is 11.7. The summed E-state index contributed by atoms with van der Waals surface area (Å²) >= 11 is 0. The number of hydrogen-bond acceptors (Lipinski definition) is 6. The van der Waals surface area contributed by atoms with E-state index in [1.165, 1.54) is 12.8 Å². The first-order valence-electron chi connectivity index (χ1n) is 7.07. The molecule has 1 aromatic heterocycles. The third-order valence-electron chi connectivity index (χ3n) is 3.46. The zero-order chi connectivity index (χ0) is 14.5. The molecule has 1 fully saturated rings. The molecule has 0 aliphatic carbocycles. The second-order valence-corrected chi connectivity index (χ2v) is 5.06. The largest absolute Gasteiger partial charge is 0.462 e. The molecule has 0 spiro atoms. The van der Waals surface area contributed by atoms with E-state index < -0.39 is 0 Å². The first-order chi connectivity index (χ1) is 9.61. The number of likely N-dealkylation sites (N-methyl/N-ethyl adjacent to an activating group) is 1. The summed E-state index contributed by atoms with van der Waals surface area (Å²) < 4.78 is 4.97. The number of aryl methyl sites for hydroxylation is 1. The molecule has 2 rings (SSSR count). The van der Waals surface area contributed by atoms with Gasteiger partial charge in [-0.25, -0.2) is 14.8 Å². The molecule has 6 nitrogen and oxygen atoms in total. The van der Waals surface area contributed by atoms with E-state index in [4.69, 9.17) is 4.74 Å². The summed E-state index contributed by atoms with van der Waals surface area (Å²) in [6.45, 7) is 5.90. The lowest BCUT2D eigenvalue weighted by molar-refractivity contribution is 0.0524. The SMILES string of the molecule is CCOC(=O)c1cnc(N(C)CC2CCCN2)nc1C. The average molecular weight is 278 g/mol. The van der Waals surface area contributed by atoms with Crippen LogP contribution in [-0.4, -0.2) is 48.7 Å². The standard InChI is InChI=1S/C14H22N4O2/c1-4-20-13(19)12-8-16-14(17-10(12)2)18(3)9-11-6-5-7-15-11/h8,11,15H,4-7,9H2,1-3H3. The number of aromatic nitrogens is 2. The van der Waals surface area contributed by atoms with Crippen LogP contribution in [0, 0.1) is 6.92 Å². The second kappa shape index (κ2) is 6.65. The van der Waals surface area contributed by atoms with E-state index in [-0.39, 0.29) is 5.97 Å². The van der Waals surface area contributed by atoms with Crippen molar-refractivity contribution >= 4 is 11.9 Å². The summed E-state index contributed by atoms with van der Waals surface area (Å²) in [5, 5.41) is 3.45. The Bertz CT molecular complexity index is 472. The Morgan fingerprint density at radius 3 is 3.00 bits per heavy atom. The lowest BCUT2D eigenvalue weighted by Crippen LogP contribution is -2.36. The Morgan fingerprint density at radius 2 is 2.40 bits per heavy atom. The molecular formula is C14H22N4O2. The number of carbonyl (C=O) groups excluding carboxylic acids is 1. The molecule has 0 bridgehead atoms. The van der Waals surface area contributed by atoms with Crippen LogP contribution in [0.3, 0.4) is 0 Å². The van der Waals surface area contributed by atoms with Gasteiger partial charge < -0.3 is 15.0 Å². The van der Waals surface area contributed by atoms with Gasteiger partial charge in [0, 0.05) is 25.8 Å². The van der Waals surface area contributed by atoms with Crippen LogP contribution in [0.25, 0.3) is 0 Å². The van der Waals surface area contributed by atoms with Crippen molar-refractivity contribution in [2.45, 2.75) is 32.7 Å². The van der Waals surface area contributed by atoms with E-state index in [9.17, 15) is 4.79 Å². The van der Waals surface area contributed by atoms with Crippen LogP contribution < -0.4 is 10.2 Å². The first-order valence-corrected chi connectivity index (χ1v) is 7.07. The van der Waals surface area contributed by atoms with Gasteiger partial charge in [0.15, 0.2) is 0 Å². The van der Waals surface area contributed by atoms with Gasteiger partial charge in [-0.15, -0.1) is 0 Å². The normalized spacial score (nSPS) is 18.1. The van der Waals surface area contributed by atoms with Gasteiger partial charge in [0.25, 0.3) is 0 Å². The highest BCUT2D eigenvalue weighted by Gasteiger charge is 2.19. The Labute approximate surface area is 119 Å². The minimum atomic E-state index is -0.364.